The second-order valence-electron chi connectivity index (χ2n) is 3.78. The molecule has 0 amide bonds. The van der Waals surface area contributed by atoms with Crippen molar-refractivity contribution in [1.82, 2.24) is 0 Å². The Hall–Kier alpha value is -2.42. The third-order valence-corrected chi connectivity index (χ3v) is 2.50. The van der Waals surface area contributed by atoms with Crippen molar-refractivity contribution in [2.24, 2.45) is 0 Å². The summed E-state index contributed by atoms with van der Waals surface area (Å²) in [6, 6.07) is 13.0. The average Bonchev–Trinajstić information content (AvgIpc) is 2.37. The molecule has 0 unspecified atom stereocenters. The maximum absolute atomic E-state index is 13.1. The molecule has 0 heterocycles. The number of carbonyl (C=O) groups is 1. The number of rotatable bonds is 3. The molecule has 0 fully saturated rings. The van der Waals surface area contributed by atoms with E-state index in [1.165, 1.54) is 12.1 Å². The Bertz CT molecular complexity index is 589. The van der Waals surface area contributed by atoms with Gasteiger partial charge in [-0.25, -0.2) is 9.18 Å². The lowest BCUT2D eigenvalue weighted by atomic mass is 10.1. The van der Waals surface area contributed by atoms with Crippen molar-refractivity contribution >= 4 is 18.1 Å². The second kappa shape index (κ2) is 5.27. The molecule has 0 bridgehead atoms. The Morgan fingerprint density at radius 3 is 2.44 bits per heavy atom. The first-order valence-electron chi connectivity index (χ1n) is 5.43. The molecule has 2 aromatic rings. The largest absolute Gasteiger partial charge is 0.478 e. The fourth-order valence-corrected chi connectivity index (χ4v) is 1.62. The normalized spacial score (nSPS) is 10.7. The molecule has 2 aromatic carbocycles. The maximum atomic E-state index is 13.1. The lowest BCUT2D eigenvalue weighted by Gasteiger charge is -2.01. The van der Waals surface area contributed by atoms with E-state index in [1.54, 1.807) is 12.2 Å². The van der Waals surface area contributed by atoms with Crippen LogP contribution in [0.3, 0.4) is 0 Å². The van der Waals surface area contributed by atoms with E-state index in [9.17, 15) is 9.18 Å². The van der Waals surface area contributed by atoms with Gasteiger partial charge in [0.2, 0.25) is 0 Å². The smallest absolute Gasteiger partial charge is 0.336 e. The molecule has 1 N–H and O–H groups in total. The van der Waals surface area contributed by atoms with Crippen LogP contribution in [0.2, 0.25) is 0 Å². The van der Waals surface area contributed by atoms with Crippen molar-refractivity contribution < 1.29 is 14.3 Å². The van der Waals surface area contributed by atoms with Crippen molar-refractivity contribution in [3.8, 4) is 0 Å². The molecular formula is C15H11FO2. The molecule has 90 valence electrons. The summed E-state index contributed by atoms with van der Waals surface area (Å²) in [7, 11) is 0. The van der Waals surface area contributed by atoms with Crippen LogP contribution in [0.1, 0.15) is 21.5 Å². The molecule has 18 heavy (non-hydrogen) atoms. The van der Waals surface area contributed by atoms with Gasteiger partial charge in [0.25, 0.3) is 0 Å². The lowest BCUT2D eigenvalue weighted by molar-refractivity contribution is 0.0696. The number of carboxylic acid groups (broad SMARTS) is 1. The van der Waals surface area contributed by atoms with Crippen LogP contribution in [-0.4, -0.2) is 11.1 Å². The number of hydrogen-bond acceptors (Lipinski definition) is 1. The topological polar surface area (TPSA) is 37.3 Å². The van der Waals surface area contributed by atoms with Gasteiger partial charge in [-0.3, -0.25) is 0 Å². The predicted octanol–water partition coefficient (Wildman–Crippen LogP) is 3.69. The Morgan fingerprint density at radius 2 is 1.78 bits per heavy atom. The van der Waals surface area contributed by atoms with Gasteiger partial charge in [0.05, 0.1) is 5.56 Å². The summed E-state index contributed by atoms with van der Waals surface area (Å²) in [5.41, 5.74) is 1.37. The Morgan fingerprint density at radius 1 is 1.06 bits per heavy atom. The van der Waals surface area contributed by atoms with Gasteiger partial charge in [0.1, 0.15) is 5.82 Å². The Balaban J connectivity index is 2.36. The summed E-state index contributed by atoms with van der Waals surface area (Å²) in [5, 5.41) is 9.00. The zero-order valence-electron chi connectivity index (χ0n) is 9.51. The first kappa shape index (κ1) is 12.0. The van der Waals surface area contributed by atoms with E-state index in [0.29, 0.717) is 5.56 Å². The fourth-order valence-electron chi connectivity index (χ4n) is 1.62. The van der Waals surface area contributed by atoms with Crippen LogP contribution in [0.4, 0.5) is 4.39 Å². The monoisotopic (exact) mass is 242 g/mol. The van der Waals surface area contributed by atoms with Crippen LogP contribution < -0.4 is 0 Å². The summed E-state index contributed by atoms with van der Waals surface area (Å²) >= 11 is 0. The standard InChI is InChI=1S/C15H11FO2/c16-13-8-9-14(15(17)18)12(10-13)7-6-11-4-2-1-3-5-11/h1-10H,(H,17,18)/b7-6+. The summed E-state index contributed by atoms with van der Waals surface area (Å²) in [4.78, 5) is 11.0. The van der Waals surface area contributed by atoms with Crippen LogP contribution in [0.15, 0.2) is 48.5 Å². The Kier molecular flexibility index (Phi) is 3.53. The van der Waals surface area contributed by atoms with Crippen LogP contribution in [-0.2, 0) is 0 Å². The molecule has 0 saturated heterocycles. The highest BCUT2D eigenvalue weighted by Gasteiger charge is 2.08. The van der Waals surface area contributed by atoms with E-state index in [2.05, 4.69) is 0 Å². The third-order valence-electron chi connectivity index (χ3n) is 2.50. The average molecular weight is 242 g/mol. The van der Waals surface area contributed by atoms with E-state index < -0.39 is 11.8 Å². The van der Waals surface area contributed by atoms with E-state index in [1.807, 2.05) is 30.3 Å². The molecule has 0 atom stereocenters. The van der Waals surface area contributed by atoms with Gasteiger partial charge in [-0.05, 0) is 29.3 Å². The van der Waals surface area contributed by atoms with Crippen LogP contribution >= 0.6 is 0 Å². The highest BCUT2D eigenvalue weighted by molar-refractivity contribution is 5.93. The quantitative estimate of drug-likeness (QED) is 0.833. The van der Waals surface area contributed by atoms with Crippen molar-refractivity contribution in [2.45, 2.75) is 0 Å². The zero-order valence-corrected chi connectivity index (χ0v) is 9.51. The molecule has 0 aliphatic rings. The predicted molar refractivity (Wildman–Crippen MR) is 68.7 cm³/mol. The minimum Gasteiger partial charge on any atom is -0.478 e. The van der Waals surface area contributed by atoms with E-state index >= 15 is 0 Å². The van der Waals surface area contributed by atoms with E-state index in [4.69, 9.17) is 5.11 Å². The van der Waals surface area contributed by atoms with Crippen molar-refractivity contribution in [3.05, 3.63) is 71.0 Å². The van der Waals surface area contributed by atoms with Gasteiger partial charge in [-0.15, -0.1) is 0 Å². The molecule has 0 aromatic heterocycles. The molecule has 2 nitrogen and oxygen atoms in total. The zero-order chi connectivity index (χ0) is 13.0. The van der Waals surface area contributed by atoms with E-state index in [-0.39, 0.29) is 5.56 Å². The van der Waals surface area contributed by atoms with Crippen molar-refractivity contribution in [2.75, 3.05) is 0 Å². The summed E-state index contributed by atoms with van der Waals surface area (Å²) in [6.07, 6.45) is 3.35. The number of hydrogen-bond donors (Lipinski definition) is 1. The van der Waals surface area contributed by atoms with Gasteiger partial charge >= 0.3 is 5.97 Å². The minimum absolute atomic E-state index is 0.0866. The summed E-state index contributed by atoms with van der Waals surface area (Å²) < 4.78 is 13.1. The second-order valence-corrected chi connectivity index (χ2v) is 3.78. The fraction of sp³-hybridized carbons (Fsp3) is 0. The lowest BCUT2D eigenvalue weighted by Crippen LogP contribution is -1.99. The van der Waals surface area contributed by atoms with Gasteiger partial charge in [-0.1, -0.05) is 42.5 Å². The third kappa shape index (κ3) is 2.83. The Labute approximate surface area is 104 Å². The minimum atomic E-state index is -1.07. The van der Waals surface area contributed by atoms with Gasteiger partial charge in [-0.2, -0.15) is 0 Å². The SMILES string of the molecule is O=C(O)c1ccc(F)cc1/C=C/c1ccccc1. The number of carboxylic acids is 1. The molecule has 0 radical (unpaired) electrons. The summed E-state index contributed by atoms with van der Waals surface area (Å²) in [5.74, 6) is -1.52. The molecular weight excluding hydrogens is 231 g/mol. The molecule has 0 saturated carbocycles. The van der Waals surface area contributed by atoms with Crippen molar-refractivity contribution in [1.29, 1.82) is 0 Å². The molecule has 0 aliphatic carbocycles. The number of aromatic carboxylic acids is 1. The van der Waals surface area contributed by atoms with Gasteiger partial charge in [0.15, 0.2) is 0 Å². The first-order chi connectivity index (χ1) is 8.66. The molecule has 0 aliphatic heterocycles. The van der Waals surface area contributed by atoms with Gasteiger partial charge in [0, 0.05) is 0 Å². The maximum Gasteiger partial charge on any atom is 0.336 e. The summed E-state index contributed by atoms with van der Waals surface area (Å²) in [6.45, 7) is 0. The highest BCUT2D eigenvalue weighted by Crippen LogP contribution is 2.15. The van der Waals surface area contributed by atoms with Crippen molar-refractivity contribution in [3.63, 3.8) is 0 Å². The van der Waals surface area contributed by atoms with Crippen LogP contribution in [0, 0.1) is 5.82 Å². The molecule has 2 rings (SSSR count). The first-order valence-corrected chi connectivity index (χ1v) is 5.43. The number of benzene rings is 2. The van der Waals surface area contributed by atoms with Crippen LogP contribution in [0.5, 0.6) is 0 Å². The molecule has 0 spiro atoms. The van der Waals surface area contributed by atoms with Crippen LogP contribution in [0.25, 0.3) is 12.2 Å². The number of halogens is 1. The van der Waals surface area contributed by atoms with Gasteiger partial charge < -0.3 is 5.11 Å². The highest BCUT2D eigenvalue weighted by atomic mass is 19.1. The van der Waals surface area contributed by atoms with E-state index in [0.717, 1.165) is 11.6 Å². The molecule has 3 heteroatoms.